The standard InChI is InChI=1S/C8H15NO3S/c1-9(11)7(13)5-3-4-6-8(10)12-2/h11H,3-6H2,1-2H3. The summed E-state index contributed by atoms with van der Waals surface area (Å²) in [7, 11) is 2.86. The van der Waals surface area contributed by atoms with Crippen molar-refractivity contribution in [3.63, 3.8) is 0 Å². The van der Waals surface area contributed by atoms with Crippen LogP contribution in [0.4, 0.5) is 0 Å². The number of carbonyl (C=O) groups excluding carboxylic acids is 1. The third-order valence-corrected chi connectivity index (χ3v) is 2.08. The lowest BCUT2D eigenvalue weighted by atomic mass is 10.2. The number of rotatable bonds is 5. The van der Waals surface area contributed by atoms with Crippen molar-refractivity contribution in [1.29, 1.82) is 0 Å². The van der Waals surface area contributed by atoms with Crippen LogP contribution in [0.1, 0.15) is 25.7 Å². The third kappa shape index (κ3) is 6.48. The molecule has 0 heterocycles. The molecule has 13 heavy (non-hydrogen) atoms. The highest BCUT2D eigenvalue weighted by Crippen LogP contribution is 2.03. The summed E-state index contributed by atoms with van der Waals surface area (Å²) < 4.78 is 4.47. The highest BCUT2D eigenvalue weighted by atomic mass is 32.1. The van der Waals surface area contributed by atoms with Crippen LogP contribution < -0.4 is 0 Å². The summed E-state index contributed by atoms with van der Waals surface area (Å²) in [5, 5.41) is 9.80. The lowest BCUT2D eigenvalue weighted by Crippen LogP contribution is -2.20. The van der Waals surface area contributed by atoms with Crippen molar-refractivity contribution in [2.75, 3.05) is 14.2 Å². The second-order valence-electron chi connectivity index (χ2n) is 2.70. The molecule has 76 valence electrons. The Balaban J connectivity index is 3.36. The highest BCUT2D eigenvalue weighted by molar-refractivity contribution is 7.80. The van der Waals surface area contributed by atoms with E-state index in [1.807, 2.05) is 0 Å². The van der Waals surface area contributed by atoms with Crippen molar-refractivity contribution >= 4 is 23.2 Å². The Labute approximate surface area is 83.4 Å². The maximum Gasteiger partial charge on any atom is 0.305 e. The number of nitrogens with zero attached hydrogens (tertiary/aromatic N) is 1. The Morgan fingerprint density at radius 2 is 2.00 bits per heavy atom. The molecule has 0 aliphatic carbocycles. The normalized spacial score (nSPS) is 9.46. The number of hydroxylamine groups is 2. The zero-order valence-corrected chi connectivity index (χ0v) is 8.76. The fourth-order valence-electron chi connectivity index (χ4n) is 0.809. The highest BCUT2D eigenvalue weighted by Gasteiger charge is 2.02. The van der Waals surface area contributed by atoms with Gasteiger partial charge in [-0.2, -0.15) is 0 Å². The first-order valence-electron chi connectivity index (χ1n) is 4.10. The molecule has 0 unspecified atom stereocenters. The van der Waals surface area contributed by atoms with E-state index in [0.29, 0.717) is 17.8 Å². The molecule has 1 N–H and O–H groups in total. The number of methoxy groups -OCH3 is 1. The number of carbonyl (C=O) groups is 1. The summed E-state index contributed by atoms with van der Waals surface area (Å²) >= 11 is 4.85. The van der Waals surface area contributed by atoms with Crippen molar-refractivity contribution in [2.24, 2.45) is 0 Å². The van der Waals surface area contributed by atoms with E-state index >= 15 is 0 Å². The van der Waals surface area contributed by atoms with Crippen molar-refractivity contribution in [1.82, 2.24) is 5.06 Å². The second kappa shape index (κ2) is 6.80. The molecule has 0 atom stereocenters. The second-order valence-corrected chi connectivity index (χ2v) is 3.17. The van der Waals surface area contributed by atoms with Gasteiger partial charge in [-0.1, -0.05) is 12.2 Å². The van der Waals surface area contributed by atoms with Gasteiger partial charge in [-0.05, 0) is 12.8 Å². The van der Waals surface area contributed by atoms with Crippen LogP contribution in [0.5, 0.6) is 0 Å². The molecule has 0 rings (SSSR count). The third-order valence-electron chi connectivity index (χ3n) is 1.61. The topological polar surface area (TPSA) is 49.8 Å². The Morgan fingerprint density at radius 1 is 1.46 bits per heavy atom. The lowest BCUT2D eigenvalue weighted by molar-refractivity contribution is -0.140. The first kappa shape index (κ1) is 12.3. The number of esters is 1. The maximum atomic E-state index is 10.7. The summed E-state index contributed by atoms with van der Waals surface area (Å²) in [6, 6.07) is 0. The SMILES string of the molecule is COC(=O)CCCCC(=S)N(C)O. The number of ether oxygens (including phenoxy) is 1. The van der Waals surface area contributed by atoms with Crippen molar-refractivity contribution in [3.05, 3.63) is 0 Å². The minimum Gasteiger partial charge on any atom is -0.469 e. The van der Waals surface area contributed by atoms with Gasteiger partial charge in [0.1, 0.15) is 4.99 Å². The van der Waals surface area contributed by atoms with E-state index in [1.54, 1.807) is 0 Å². The molecule has 0 radical (unpaired) electrons. The molecule has 0 saturated carbocycles. The molecule has 4 nitrogen and oxygen atoms in total. The molecule has 0 bridgehead atoms. The molecule has 0 amide bonds. The average molecular weight is 205 g/mol. The molecular weight excluding hydrogens is 190 g/mol. The van der Waals surface area contributed by atoms with Gasteiger partial charge in [0, 0.05) is 19.9 Å². The zero-order valence-electron chi connectivity index (χ0n) is 7.95. The van der Waals surface area contributed by atoms with Gasteiger partial charge < -0.3 is 4.74 Å². The van der Waals surface area contributed by atoms with Crippen LogP contribution >= 0.6 is 12.2 Å². The van der Waals surface area contributed by atoms with Crippen LogP contribution in [0.25, 0.3) is 0 Å². The minimum atomic E-state index is -0.205. The van der Waals surface area contributed by atoms with E-state index < -0.39 is 0 Å². The molecule has 0 aliphatic heterocycles. The van der Waals surface area contributed by atoms with Crippen LogP contribution in [0, 0.1) is 0 Å². The molecule has 0 fully saturated rings. The average Bonchev–Trinajstić information content (AvgIpc) is 2.11. The van der Waals surface area contributed by atoms with Crippen molar-refractivity contribution in [3.8, 4) is 0 Å². The first-order valence-corrected chi connectivity index (χ1v) is 4.51. The van der Waals surface area contributed by atoms with Gasteiger partial charge in [-0.25, -0.2) is 0 Å². The number of hydrogen-bond donors (Lipinski definition) is 1. The molecule has 0 aromatic heterocycles. The van der Waals surface area contributed by atoms with Crippen LogP contribution in [-0.4, -0.2) is 35.4 Å². The molecule has 0 aromatic rings. The fraction of sp³-hybridized carbons (Fsp3) is 0.750. The van der Waals surface area contributed by atoms with Crippen LogP contribution in [0.2, 0.25) is 0 Å². The van der Waals surface area contributed by atoms with Gasteiger partial charge in [0.15, 0.2) is 0 Å². The van der Waals surface area contributed by atoms with Crippen molar-refractivity contribution in [2.45, 2.75) is 25.7 Å². The Morgan fingerprint density at radius 3 is 2.46 bits per heavy atom. The minimum absolute atomic E-state index is 0.205. The van der Waals surface area contributed by atoms with E-state index in [1.165, 1.54) is 14.2 Å². The lowest BCUT2D eigenvalue weighted by Gasteiger charge is -2.10. The van der Waals surface area contributed by atoms with Gasteiger partial charge in [0.05, 0.1) is 7.11 Å². The predicted molar refractivity (Wildman–Crippen MR) is 52.6 cm³/mol. The smallest absolute Gasteiger partial charge is 0.305 e. The molecule has 0 saturated heterocycles. The number of unbranched alkanes of at least 4 members (excludes halogenated alkanes) is 1. The summed E-state index contributed by atoms with van der Waals surface area (Å²) in [6.07, 6.45) is 2.56. The predicted octanol–water partition coefficient (Wildman–Crippen LogP) is 1.37. The largest absolute Gasteiger partial charge is 0.469 e. The zero-order chi connectivity index (χ0) is 10.3. The molecule has 0 spiro atoms. The Bertz CT molecular complexity index is 182. The van der Waals surface area contributed by atoms with Gasteiger partial charge in [0.25, 0.3) is 0 Å². The van der Waals surface area contributed by atoms with Gasteiger partial charge in [-0.15, -0.1) is 0 Å². The van der Waals surface area contributed by atoms with Gasteiger partial charge in [0.2, 0.25) is 0 Å². The van der Waals surface area contributed by atoms with E-state index in [2.05, 4.69) is 4.74 Å². The monoisotopic (exact) mass is 205 g/mol. The van der Waals surface area contributed by atoms with E-state index in [9.17, 15) is 4.79 Å². The van der Waals surface area contributed by atoms with Crippen LogP contribution in [-0.2, 0) is 9.53 Å². The Kier molecular flexibility index (Phi) is 6.44. The Hall–Kier alpha value is -0.680. The van der Waals surface area contributed by atoms with E-state index in [0.717, 1.165) is 17.9 Å². The summed E-state index contributed by atoms with van der Waals surface area (Å²) in [5.41, 5.74) is 0. The van der Waals surface area contributed by atoms with Crippen molar-refractivity contribution < 1.29 is 14.7 Å². The summed E-state index contributed by atoms with van der Waals surface area (Å²) in [5.74, 6) is -0.205. The van der Waals surface area contributed by atoms with Crippen LogP contribution in [0.15, 0.2) is 0 Å². The maximum absolute atomic E-state index is 10.7. The van der Waals surface area contributed by atoms with E-state index in [-0.39, 0.29) is 5.97 Å². The number of thiocarbonyl (C=S) groups is 1. The fourth-order valence-corrected chi connectivity index (χ4v) is 0.954. The van der Waals surface area contributed by atoms with Gasteiger partial charge >= 0.3 is 5.97 Å². The van der Waals surface area contributed by atoms with Crippen LogP contribution in [0.3, 0.4) is 0 Å². The molecule has 0 aliphatic rings. The first-order chi connectivity index (χ1) is 6.07. The number of hydrogen-bond acceptors (Lipinski definition) is 4. The summed E-state index contributed by atoms with van der Waals surface area (Å²) in [6.45, 7) is 0. The molecule has 5 heteroatoms. The van der Waals surface area contributed by atoms with E-state index in [4.69, 9.17) is 17.4 Å². The van der Waals surface area contributed by atoms with Gasteiger partial charge in [-0.3, -0.25) is 15.1 Å². The molecule has 0 aromatic carbocycles. The quantitative estimate of drug-likeness (QED) is 0.318. The summed E-state index contributed by atoms with van der Waals surface area (Å²) in [4.78, 5) is 11.2. The molecular formula is C8H15NO3S.